The van der Waals surface area contributed by atoms with Crippen molar-refractivity contribution >= 4 is 41.5 Å². The quantitative estimate of drug-likeness (QED) is 0.326. The summed E-state index contributed by atoms with van der Waals surface area (Å²) in [6, 6.07) is 18.3. The second-order valence-corrected chi connectivity index (χ2v) is 7.60. The van der Waals surface area contributed by atoms with Crippen LogP contribution in [0.3, 0.4) is 0 Å². The van der Waals surface area contributed by atoms with Crippen LogP contribution in [0, 0.1) is 0 Å². The maximum Gasteiger partial charge on any atom is 0.224 e. The molecule has 8 heteroatoms. The van der Waals surface area contributed by atoms with E-state index >= 15 is 0 Å². The average molecular weight is 551 g/mol. The Kier molecular flexibility index (Phi) is 10.6. The number of nitrogens with one attached hydrogen (secondary N) is 1. The minimum Gasteiger partial charge on any atom is -0.496 e. The van der Waals surface area contributed by atoms with Gasteiger partial charge in [-0.15, -0.1) is 24.0 Å². The molecule has 0 unspecified atom stereocenters. The Morgan fingerprint density at radius 1 is 1.06 bits per heavy atom. The van der Waals surface area contributed by atoms with Gasteiger partial charge in [-0.1, -0.05) is 36.4 Å². The number of nitrogens with zero attached hydrogens (tertiary/aromatic N) is 4. The predicted molar refractivity (Wildman–Crippen MR) is 141 cm³/mol. The van der Waals surface area contributed by atoms with Crippen LogP contribution >= 0.6 is 24.0 Å². The fourth-order valence-corrected chi connectivity index (χ4v) is 3.84. The summed E-state index contributed by atoms with van der Waals surface area (Å²) in [5.41, 5.74) is 2.31. The van der Waals surface area contributed by atoms with Crippen LogP contribution in [0.4, 0.5) is 5.69 Å². The Bertz CT molecular complexity index is 870. The van der Waals surface area contributed by atoms with Crippen LogP contribution in [-0.2, 0) is 11.3 Å². The number of ether oxygens (including phenoxy) is 1. The zero-order valence-electron chi connectivity index (χ0n) is 19.2. The first kappa shape index (κ1) is 25.8. The molecule has 1 aliphatic rings. The minimum absolute atomic E-state index is 0. The molecule has 174 valence electrons. The minimum atomic E-state index is 0. The van der Waals surface area contributed by atoms with Gasteiger partial charge in [0.1, 0.15) is 5.75 Å². The molecule has 2 aromatic carbocycles. The van der Waals surface area contributed by atoms with E-state index in [2.05, 4.69) is 39.5 Å². The first-order valence-electron chi connectivity index (χ1n) is 10.7. The molecule has 0 spiro atoms. The Labute approximate surface area is 208 Å². The second kappa shape index (κ2) is 13.1. The molecule has 0 aromatic heterocycles. The number of piperazine rings is 1. The summed E-state index contributed by atoms with van der Waals surface area (Å²) in [6.07, 6.45) is 0.451. The third kappa shape index (κ3) is 7.01. The van der Waals surface area contributed by atoms with Crippen LogP contribution < -0.4 is 15.0 Å². The number of guanidine groups is 1. The highest BCUT2D eigenvalue weighted by Gasteiger charge is 2.21. The van der Waals surface area contributed by atoms with Gasteiger partial charge in [0.05, 0.1) is 7.11 Å². The summed E-state index contributed by atoms with van der Waals surface area (Å²) in [4.78, 5) is 23.3. The van der Waals surface area contributed by atoms with Crippen molar-refractivity contribution in [3.63, 3.8) is 0 Å². The summed E-state index contributed by atoms with van der Waals surface area (Å²) in [5, 5.41) is 3.31. The number of halogens is 1. The fourth-order valence-electron chi connectivity index (χ4n) is 3.84. The predicted octanol–water partition coefficient (Wildman–Crippen LogP) is 3.06. The number of benzene rings is 2. The molecule has 1 amide bonds. The number of amides is 1. The first-order chi connectivity index (χ1) is 15.1. The molecule has 1 N–H and O–H groups in total. The Hall–Kier alpha value is -2.49. The number of anilines is 1. The smallest absolute Gasteiger partial charge is 0.224 e. The highest BCUT2D eigenvalue weighted by Crippen LogP contribution is 2.19. The van der Waals surface area contributed by atoms with Crippen molar-refractivity contribution in [3.8, 4) is 5.75 Å². The Morgan fingerprint density at radius 3 is 2.38 bits per heavy atom. The highest BCUT2D eigenvalue weighted by molar-refractivity contribution is 14.0. The lowest BCUT2D eigenvalue weighted by Gasteiger charge is -2.36. The molecular formula is C24H34IN5O2. The van der Waals surface area contributed by atoms with Crippen molar-refractivity contribution in [2.24, 2.45) is 4.99 Å². The number of hydrogen-bond donors (Lipinski definition) is 1. The largest absolute Gasteiger partial charge is 0.496 e. The van der Waals surface area contributed by atoms with Crippen molar-refractivity contribution in [3.05, 3.63) is 60.2 Å². The molecule has 0 saturated carbocycles. The van der Waals surface area contributed by atoms with E-state index < -0.39 is 0 Å². The molecule has 0 bridgehead atoms. The van der Waals surface area contributed by atoms with Gasteiger partial charge in [-0.25, -0.2) is 0 Å². The van der Waals surface area contributed by atoms with E-state index in [4.69, 9.17) is 4.74 Å². The van der Waals surface area contributed by atoms with E-state index in [1.54, 1.807) is 14.2 Å². The lowest BCUT2D eigenvalue weighted by Crippen LogP contribution is -2.49. The zero-order valence-corrected chi connectivity index (χ0v) is 21.5. The molecule has 1 saturated heterocycles. The SMILES string of the molecule is CN=C(NCCC(=O)N1CCN(c2ccccc2)CC1)N(C)Cc1ccccc1OC.I. The summed E-state index contributed by atoms with van der Waals surface area (Å²) in [7, 11) is 5.41. The van der Waals surface area contributed by atoms with Crippen molar-refractivity contribution in [2.75, 3.05) is 58.8 Å². The molecule has 2 aromatic rings. The third-order valence-corrected chi connectivity index (χ3v) is 5.55. The standard InChI is InChI=1S/C24H33N5O2.HI/c1-25-24(27(2)19-20-9-7-8-12-22(20)31-3)26-14-13-23(30)29-17-15-28(16-18-29)21-10-5-4-6-11-21;/h4-12H,13-19H2,1-3H3,(H,25,26);1H. The molecule has 0 aliphatic carbocycles. The summed E-state index contributed by atoms with van der Waals surface area (Å²) < 4.78 is 5.43. The molecular weight excluding hydrogens is 517 g/mol. The van der Waals surface area contributed by atoms with Crippen molar-refractivity contribution in [1.82, 2.24) is 15.1 Å². The van der Waals surface area contributed by atoms with Crippen LogP contribution in [0.15, 0.2) is 59.6 Å². The molecule has 0 atom stereocenters. The van der Waals surface area contributed by atoms with Crippen LogP contribution in [0.2, 0.25) is 0 Å². The zero-order chi connectivity index (χ0) is 22.1. The number of hydrogen-bond acceptors (Lipinski definition) is 4. The lowest BCUT2D eigenvalue weighted by atomic mass is 10.2. The normalized spacial score (nSPS) is 13.9. The lowest BCUT2D eigenvalue weighted by molar-refractivity contribution is -0.131. The van der Waals surface area contributed by atoms with E-state index in [1.165, 1.54) is 5.69 Å². The van der Waals surface area contributed by atoms with E-state index in [0.717, 1.165) is 43.5 Å². The molecule has 7 nitrogen and oxygen atoms in total. The number of aliphatic imine (C=N–C) groups is 1. The number of para-hydroxylation sites is 2. The molecule has 32 heavy (non-hydrogen) atoms. The topological polar surface area (TPSA) is 60.4 Å². The van der Waals surface area contributed by atoms with Gasteiger partial charge in [0, 0.05) is 71.0 Å². The number of methoxy groups -OCH3 is 1. The Morgan fingerprint density at radius 2 is 1.72 bits per heavy atom. The van der Waals surface area contributed by atoms with Gasteiger partial charge < -0.3 is 24.8 Å². The van der Waals surface area contributed by atoms with Crippen molar-refractivity contribution in [2.45, 2.75) is 13.0 Å². The number of carbonyl (C=O) groups excluding carboxylic acids is 1. The summed E-state index contributed by atoms with van der Waals surface area (Å²) in [6.45, 7) is 4.48. The molecule has 1 fully saturated rings. The average Bonchev–Trinajstić information content (AvgIpc) is 2.82. The first-order valence-corrected chi connectivity index (χ1v) is 10.7. The number of rotatable bonds is 7. The molecule has 3 rings (SSSR count). The van der Waals surface area contributed by atoms with Gasteiger partial charge in [-0.3, -0.25) is 9.79 Å². The van der Waals surface area contributed by atoms with Crippen LogP contribution in [-0.4, -0.2) is 75.6 Å². The van der Waals surface area contributed by atoms with Crippen LogP contribution in [0.5, 0.6) is 5.75 Å². The van der Waals surface area contributed by atoms with Gasteiger partial charge in [-0.2, -0.15) is 0 Å². The van der Waals surface area contributed by atoms with E-state index in [-0.39, 0.29) is 29.9 Å². The highest BCUT2D eigenvalue weighted by atomic mass is 127. The van der Waals surface area contributed by atoms with Gasteiger partial charge >= 0.3 is 0 Å². The maximum absolute atomic E-state index is 12.7. The molecule has 0 radical (unpaired) electrons. The fraction of sp³-hybridized carbons (Fsp3) is 0.417. The van der Waals surface area contributed by atoms with Gasteiger partial charge in [0.2, 0.25) is 5.91 Å². The third-order valence-electron chi connectivity index (χ3n) is 5.55. The summed E-state index contributed by atoms with van der Waals surface area (Å²) >= 11 is 0. The van der Waals surface area contributed by atoms with Crippen molar-refractivity contribution in [1.29, 1.82) is 0 Å². The van der Waals surface area contributed by atoms with Gasteiger partial charge in [-0.05, 0) is 18.2 Å². The maximum atomic E-state index is 12.7. The second-order valence-electron chi connectivity index (χ2n) is 7.60. The van der Waals surface area contributed by atoms with Crippen LogP contribution in [0.25, 0.3) is 0 Å². The monoisotopic (exact) mass is 551 g/mol. The van der Waals surface area contributed by atoms with Gasteiger partial charge in [0.15, 0.2) is 5.96 Å². The Balaban J connectivity index is 0.00000363. The summed E-state index contributed by atoms with van der Waals surface area (Å²) in [5.74, 6) is 1.80. The molecule has 1 aliphatic heterocycles. The number of carbonyl (C=O) groups is 1. The van der Waals surface area contributed by atoms with E-state index in [9.17, 15) is 4.79 Å². The van der Waals surface area contributed by atoms with Gasteiger partial charge in [0.25, 0.3) is 0 Å². The molecule has 1 heterocycles. The van der Waals surface area contributed by atoms with E-state index in [1.807, 2.05) is 47.2 Å². The van der Waals surface area contributed by atoms with Crippen LogP contribution in [0.1, 0.15) is 12.0 Å². The van der Waals surface area contributed by atoms with E-state index in [0.29, 0.717) is 19.5 Å². The van der Waals surface area contributed by atoms with Crippen molar-refractivity contribution < 1.29 is 9.53 Å².